The summed E-state index contributed by atoms with van der Waals surface area (Å²) in [4.78, 5) is 12.2. The van der Waals surface area contributed by atoms with Gasteiger partial charge in [0.1, 0.15) is 0 Å². The Morgan fingerprint density at radius 1 is 1.13 bits per heavy atom. The Hall–Kier alpha value is -1.11. The Labute approximate surface area is 92.5 Å². The van der Waals surface area contributed by atoms with Gasteiger partial charge in [0, 0.05) is 11.5 Å². The molecule has 0 spiro atoms. The van der Waals surface area contributed by atoms with Gasteiger partial charge < -0.3 is 0 Å². The second-order valence-corrected chi connectivity index (χ2v) is 3.89. The van der Waals surface area contributed by atoms with E-state index in [2.05, 4.69) is 26.8 Å². The van der Waals surface area contributed by atoms with Crippen LogP contribution < -0.4 is 0 Å². The summed E-state index contributed by atoms with van der Waals surface area (Å²) in [5, 5.41) is 0. The van der Waals surface area contributed by atoms with Crippen LogP contribution in [0.1, 0.15) is 49.5 Å². The maximum atomic E-state index is 12.2. The molecule has 1 aromatic carbocycles. The highest BCUT2D eigenvalue weighted by molar-refractivity contribution is 5.99. The van der Waals surface area contributed by atoms with Crippen LogP contribution in [0.4, 0.5) is 0 Å². The molecular weight excluding hydrogens is 184 g/mol. The smallest absolute Gasteiger partial charge is 0.166 e. The van der Waals surface area contributed by atoms with Crippen molar-refractivity contribution in [2.75, 3.05) is 0 Å². The van der Waals surface area contributed by atoms with Gasteiger partial charge in [-0.3, -0.25) is 4.79 Å². The number of carbonyl (C=O) groups excluding carboxylic acids is 1. The van der Waals surface area contributed by atoms with E-state index < -0.39 is 0 Å². The lowest BCUT2D eigenvalue weighted by Gasteiger charge is -2.13. The molecule has 1 heteroatoms. The fourth-order valence-electron chi connectivity index (χ4n) is 1.95. The Morgan fingerprint density at radius 2 is 1.73 bits per heavy atom. The van der Waals surface area contributed by atoms with Gasteiger partial charge in [-0.2, -0.15) is 0 Å². The minimum Gasteiger partial charge on any atom is -0.294 e. The van der Waals surface area contributed by atoms with Gasteiger partial charge in [-0.1, -0.05) is 45.0 Å². The van der Waals surface area contributed by atoms with E-state index in [1.54, 1.807) is 0 Å². The molecule has 1 rings (SSSR count). The van der Waals surface area contributed by atoms with E-state index in [0.29, 0.717) is 5.78 Å². The van der Waals surface area contributed by atoms with Gasteiger partial charge in [-0.25, -0.2) is 0 Å². The number of ketones is 1. The molecule has 15 heavy (non-hydrogen) atoms. The molecule has 0 amide bonds. The van der Waals surface area contributed by atoms with E-state index in [1.165, 1.54) is 5.56 Å². The van der Waals surface area contributed by atoms with E-state index in [4.69, 9.17) is 0 Å². The van der Waals surface area contributed by atoms with E-state index in [0.717, 1.165) is 24.8 Å². The van der Waals surface area contributed by atoms with Crippen LogP contribution in [-0.4, -0.2) is 5.78 Å². The summed E-state index contributed by atoms with van der Waals surface area (Å²) in [7, 11) is 0. The predicted molar refractivity (Wildman–Crippen MR) is 64.2 cm³/mol. The average Bonchev–Trinajstić information content (AvgIpc) is 2.30. The van der Waals surface area contributed by atoms with Crippen molar-refractivity contribution in [1.29, 1.82) is 0 Å². The molecular formula is C14H20O. The van der Waals surface area contributed by atoms with Crippen LogP contribution in [0.3, 0.4) is 0 Å². The second kappa shape index (κ2) is 5.69. The van der Waals surface area contributed by atoms with Crippen LogP contribution in [0.2, 0.25) is 0 Å². The van der Waals surface area contributed by atoms with Gasteiger partial charge in [-0.15, -0.1) is 0 Å². The van der Waals surface area contributed by atoms with Crippen molar-refractivity contribution in [2.24, 2.45) is 5.92 Å². The fraction of sp³-hybridized carbons (Fsp3) is 0.500. The molecule has 0 N–H and O–H groups in total. The summed E-state index contributed by atoms with van der Waals surface area (Å²) in [5.74, 6) is 0.509. The normalized spacial score (nSPS) is 10.7. The SMILES string of the molecule is CCc1ccccc1C(=O)C(CC)CC. The molecule has 0 aliphatic rings. The third kappa shape index (κ3) is 2.68. The van der Waals surface area contributed by atoms with Crippen molar-refractivity contribution in [3.63, 3.8) is 0 Å². The number of carbonyl (C=O) groups is 1. The summed E-state index contributed by atoms with van der Waals surface area (Å²) in [6.07, 6.45) is 2.81. The zero-order chi connectivity index (χ0) is 11.3. The lowest BCUT2D eigenvalue weighted by Crippen LogP contribution is -2.14. The molecule has 0 radical (unpaired) electrons. The molecule has 0 atom stereocenters. The van der Waals surface area contributed by atoms with Gasteiger partial charge in [0.2, 0.25) is 0 Å². The van der Waals surface area contributed by atoms with Crippen molar-refractivity contribution >= 4 is 5.78 Å². The first-order valence-corrected chi connectivity index (χ1v) is 5.86. The number of rotatable bonds is 5. The molecule has 0 aromatic heterocycles. The molecule has 1 aromatic rings. The van der Waals surface area contributed by atoms with Crippen LogP contribution in [0.25, 0.3) is 0 Å². The highest BCUT2D eigenvalue weighted by atomic mass is 16.1. The van der Waals surface area contributed by atoms with Crippen molar-refractivity contribution in [2.45, 2.75) is 40.0 Å². The van der Waals surface area contributed by atoms with Gasteiger partial charge in [0.25, 0.3) is 0 Å². The first-order valence-electron chi connectivity index (χ1n) is 5.86. The molecule has 0 heterocycles. The van der Waals surface area contributed by atoms with Crippen molar-refractivity contribution in [1.82, 2.24) is 0 Å². The zero-order valence-corrected chi connectivity index (χ0v) is 9.92. The van der Waals surface area contributed by atoms with Gasteiger partial charge in [0.05, 0.1) is 0 Å². The summed E-state index contributed by atoms with van der Waals surface area (Å²) < 4.78 is 0. The van der Waals surface area contributed by atoms with Gasteiger partial charge >= 0.3 is 0 Å². The Morgan fingerprint density at radius 3 is 2.27 bits per heavy atom. The van der Waals surface area contributed by atoms with E-state index in [-0.39, 0.29) is 5.92 Å². The van der Waals surface area contributed by atoms with E-state index >= 15 is 0 Å². The summed E-state index contributed by atoms with van der Waals surface area (Å²) in [6.45, 7) is 6.26. The molecule has 0 saturated carbocycles. The topological polar surface area (TPSA) is 17.1 Å². The van der Waals surface area contributed by atoms with Crippen LogP contribution in [0.5, 0.6) is 0 Å². The highest BCUT2D eigenvalue weighted by Gasteiger charge is 2.17. The van der Waals surface area contributed by atoms with E-state index in [9.17, 15) is 4.79 Å². The average molecular weight is 204 g/mol. The van der Waals surface area contributed by atoms with Crippen LogP contribution in [-0.2, 0) is 6.42 Å². The minimum absolute atomic E-state index is 0.192. The fourth-order valence-corrected chi connectivity index (χ4v) is 1.95. The number of Topliss-reactive ketones (excluding diaryl/α,β-unsaturated/α-hetero) is 1. The molecule has 0 bridgehead atoms. The molecule has 1 nitrogen and oxygen atoms in total. The van der Waals surface area contributed by atoms with Crippen LogP contribution >= 0.6 is 0 Å². The lowest BCUT2D eigenvalue weighted by molar-refractivity contribution is 0.0912. The molecule has 0 aliphatic carbocycles. The monoisotopic (exact) mass is 204 g/mol. The van der Waals surface area contributed by atoms with Crippen molar-refractivity contribution < 1.29 is 4.79 Å². The van der Waals surface area contributed by atoms with Gasteiger partial charge in [-0.05, 0) is 24.8 Å². The second-order valence-electron chi connectivity index (χ2n) is 3.89. The first-order chi connectivity index (χ1) is 7.24. The summed E-state index contributed by atoms with van der Waals surface area (Å²) in [6, 6.07) is 7.96. The Bertz CT molecular complexity index is 324. The number of benzene rings is 1. The largest absolute Gasteiger partial charge is 0.294 e. The third-order valence-electron chi connectivity index (χ3n) is 3.02. The van der Waals surface area contributed by atoms with E-state index in [1.807, 2.05) is 18.2 Å². The number of hydrogen-bond acceptors (Lipinski definition) is 1. The maximum absolute atomic E-state index is 12.2. The Balaban J connectivity index is 2.99. The first kappa shape index (κ1) is 12.0. The molecule has 82 valence electrons. The zero-order valence-electron chi connectivity index (χ0n) is 9.92. The van der Waals surface area contributed by atoms with Crippen LogP contribution in [0, 0.1) is 5.92 Å². The standard InChI is InChI=1S/C14H20O/c1-4-11(5-2)14(15)13-10-8-7-9-12(13)6-3/h7-11H,4-6H2,1-3H3. The molecule has 0 unspecified atom stereocenters. The predicted octanol–water partition coefficient (Wildman–Crippen LogP) is 3.87. The highest BCUT2D eigenvalue weighted by Crippen LogP contribution is 2.19. The lowest BCUT2D eigenvalue weighted by atomic mass is 9.90. The number of hydrogen-bond donors (Lipinski definition) is 0. The Kier molecular flexibility index (Phi) is 4.54. The maximum Gasteiger partial charge on any atom is 0.166 e. The number of aryl methyl sites for hydroxylation is 1. The molecule has 0 saturated heterocycles. The van der Waals surface area contributed by atoms with Crippen LogP contribution in [0.15, 0.2) is 24.3 Å². The third-order valence-corrected chi connectivity index (χ3v) is 3.02. The summed E-state index contributed by atoms with van der Waals surface area (Å²) >= 11 is 0. The molecule has 0 aliphatic heterocycles. The van der Waals surface area contributed by atoms with Gasteiger partial charge in [0.15, 0.2) is 5.78 Å². The van der Waals surface area contributed by atoms with Crippen molar-refractivity contribution in [3.05, 3.63) is 35.4 Å². The summed E-state index contributed by atoms with van der Waals surface area (Å²) in [5.41, 5.74) is 2.10. The minimum atomic E-state index is 0.192. The quantitative estimate of drug-likeness (QED) is 0.665. The van der Waals surface area contributed by atoms with Crippen molar-refractivity contribution in [3.8, 4) is 0 Å². The molecule has 0 fully saturated rings.